The van der Waals surface area contributed by atoms with E-state index in [0.717, 1.165) is 18.1 Å². The maximum Gasteiger partial charge on any atom is 0.310 e. The van der Waals surface area contributed by atoms with E-state index in [1.165, 1.54) is 7.11 Å². The second-order valence-corrected chi connectivity index (χ2v) is 7.84. The van der Waals surface area contributed by atoms with Gasteiger partial charge in [0.2, 0.25) is 0 Å². The Morgan fingerprint density at radius 2 is 2.04 bits per heavy atom. The van der Waals surface area contributed by atoms with E-state index in [1.54, 1.807) is 7.05 Å². The third kappa shape index (κ3) is 6.53. The number of halogens is 1. The van der Waals surface area contributed by atoms with Crippen molar-refractivity contribution in [1.82, 2.24) is 10.2 Å². The number of nitrogens with one attached hydrogen (secondary N) is 1. The van der Waals surface area contributed by atoms with Gasteiger partial charge in [-0.3, -0.25) is 14.0 Å². The molecule has 1 N–H and O–H groups in total. The fourth-order valence-electron chi connectivity index (χ4n) is 3.04. The van der Waals surface area contributed by atoms with E-state index in [-0.39, 0.29) is 41.8 Å². The smallest absolute Gasteiger partial charge is 0.310 e. The number of hydrogen-bond donors (Lipinski definition) is 1. The molecule has 26 heavy (non-hydrogen) atoms. The third-order valence-corrected chi connectivity index (χ3v) is 5.73. The molecule has 0 aromatic heterocycles. The van der Waals surface area contributed by atoms with Gasteiger partial charge in [-0.1, -0.05) is 37.3 Å². The highest BCUT2D eigenvalue weighted by atomic mass is 127. The summed E-state index contributed by atoms with van der Waals surface area (Å²) in [6, 6.07) is 9.85. The molecule has 1 fully saturated rings. The molecule has 0 saturated carbocycles. The quantitative estimate of drug-likeness (QED) is 0.284. The van der Waals surface area contributed by atoms with E-state index in [2.05, 4.69) is 15.2 Å². The molecule has 3 atom stereocenters. The second-order valence-electron chi connectivity index (χ2n) is 6.26. The lowest BCUT2D eigenvalue weighted by atomic mass is 9.99. The molecule has 8 heteroatoms. The highest BCUT2D eigenvalue weighted by Gasteiger charge is 2.36. The standard InChI is InChI=1S/C18H27N3O3S.HI/c1-14-11-21(12-16(14)17(22)24-3)18(19-2)20-9-10-25(23)13-15-7-5-4-6-8-15;/h4-8,14,16H,9-13H2,1-3H3,(H,19,20);1H. The number of methoxy groups -OCH3 is 1. The molecule has 0 aliphatic carbocycles. The van der Waals surface area contributed by atoms with Gasteiger partial charge in [-0.2, -0.15) is 0 Å². The van der Waals surface area contributed by atoms with Crippen molar-refractivity contribution in [2.24, 2.45) is 16.8 Å². The predicted octanol–water partition coefficient (Wildman–Crippen LogP) is 1.87. The Morgan fingerprint density at radius 3 is 2.65 bits per heavy atom. The number of hydrogen-bond acceptors (Lipinski definition) is 4. The molecular weight excluding hydrogens is 465 g/mol. The first-order valence-electron chi connectivity index (χ1n) is 8.47. The summed E-state index contributed by atoms with van der Waals surface area (Å²) in [5, 5.41) is 3.26. The average Bonchev–Trinajstić information content (AvgIpc) is 3.00. The van der Waals surface area contributed by atoms with Gasteiger partial charge in [0.05, 0.1) is 13.0 Å². The number of benzene rings is 1. The molecule has 1 aliphatic rings. The summed E-state index contributed by atoms with van der Waals surface area (Å²) in [6.07, 6.45) is 0. The molecule has 146 valence electrons. The molecular formula is C18H28IN3O3S. The summed E-state index contributed by atoms with van der Waals surface area (Å²) >= 11 is 0. The Bertz CT molecular complexity index is 627. The fraction of sp³-hybridized carbons (Fsp3) is 0.556. The van der Waals surface area contributed by atoms with E-state index in [1.807, 2.05) is 37.3 Å². The molecule has 1 aromatic carbocycles. The van der Waals surface area contributed by atoms with Crippen LogP contribution in [0.1, 0.15) is 12.5 Å². The molecule has 1 heterocycles. The monoisotopic (exact) mass is 493 g/mol. The van der Waals surface area contributed by atoms with Crippen LogP contribution >= 0.6 is 24.0 Å². The molecule has 6 nitrogen and oxygen atoms in total. The van der Waals surface area contributed by atoms with Crippen molar-refractivity contribution < 1.29 is 13.7 Å². The predicted molar refractivity (Wildman–Crippen MR) is 116 cm³/mol. The summed E-state index contributed by atoms with van der Waals surface area (Å²) < 4.78 is 17.1. The van der Waals surface area contributed by atoms with Gasteiger partial charge >= 0.3 is 5.97 Å². The van der Waals surface area contributed by atoms with E-state index < -0.39 is 10.8 Å². The van der Waals surface area contributed by atoms with Crippen molar-refractivity contribution in [2.45, 2.75) is 12.7 Å². The van der Waals surface area contributed by atoms with Gasteiger partial charge < -0.3 is 15.0 Å². The number of aliphatic imine (C=N–C) groups is 1. The van der Waals surface area contributed by atoms with Crippen molar-refractivity contribution >= 4 is 46.7 Å². The number of rotatable bonds is 6. The first kappa shape index (κ1) is 22.9. The van der Waals surface area contributed by atoms with Gasteiger partial charge in [-0.15, -0.1) is 24.0 Å². The molecule has 0 bridgehead atoms. The largest absolute Gasteiger partial charge is 0.469 e. The Labute approximate surface area is 175 Å². The summed E-state index contributed by atoms with van der Waals surface area (Å²) in [7, 11) is 2.22. The molecule has 1 aromatic rings. The van der Waals surface area contributed by atoms with Crippen molar-refractivity contribution in [1.29, 1.82) is 0 Å². The van der Waals surface area contributed by atoms with E-state index in [4.69, 9.17) is 4.74 Å². The highest BCUT2D eigenvalue weighted by molar-refractivity contribution is 14.0. The molecule has 0 amide bonds. The zero-order valence-electron chi connectivity index (χ0n) is 15.5. The molecule has 0 spiro atoms. The van der Waals surface area contributed by atoms with Gasteiger partial charge in [0, 0.05) is 49.0 Å². The average molecular weight is 493 g/mol. The first-order valence-corrected chi connectivity index (χ1v) is 9.96. The molecule has 1 aliphatic heterocycles. The van der Waals surface area contributed by atoms with Crippen LogP contribution < -0.4 is 5.32 Å². The number of guanidine groups is 1. The molecule has 3 unspecified atom stereocenters. The van der Waals surface area contributed by atoms with Crippen LogP contribution in [0.2, 0.25) is 0 Å². The lowest BCUT2D eigenvalue weighted by Gasteiger charge is -2.21. The minimum atomic E-state index is -0.924. The van der Waals surface area contributed by atoms with Crippen LogP contribution in [-0.2, 0) is 26.1 Å². The fourth-order valence-corrected chi connectivity index (χ4v) is 4.08. The normalized spacial score (nSPS) is 21.0. The summed E-state index contributed by atoms with van der Waals surface area (Å²) in [5.74, 6) is 1.78. The van der Waals surface area contributed by atoms with Gasteiger partial charge in [-0.25, -0.2) is 0 Å². The van der Waals surface area contributed by atoms with Crippen LogP contribution in [0.3, 0.4) is 0 Å². The van der Waals surface area contributed by atoms with E-state index in [0.29, 0.717) is 24.6 Å². The van der Waals surface area contributed by atoms with Crippen LogP contribution in [0.4, 0.5) is 0 Å². The Morgan fingerprint density at radius 1 is 1.35 bits per heavy atom. The van der Waals surface area contributed by atoms with Crippen LogP contribution in [-0.4, -0.2) is 60.6 Å². The van der Waals surface area contributed by atoms with Crippen molar-refractivity contribution in [3.8, 4) is 0 Å². The third-order valence-electron chi connectivity index (χ3n) is 4.41. The number of ether oxygens (including phenoxy) is 1. The SMILES string of the molecule is CN=C(NCCS(=O)Cc1ccccc1)N1CC(C)C(C(=O)OC)C1.I. The minimum absolute atomic E-state index is 0. The van der Waals surface area contributed by atoms with Crippen molar-refractivity contribution in [3.05, 3.63) is 35.9 Å². The van der Waals surface area contributed by atoms with Gasteiger partial charge in [-0.05, 0) is 11.5 Å². The molecule has 2 rings (SSSR count). The van der Waals surface area contributed by atoms with Crippen LogP contribution in [0.25, 0.3) is 0 Å². The number of nitrogens with zero attached hydrogens (tertiary/aromatic N) is 2. The Hall–Kier alpha value is -1.16. The van der Waals surface area contributed by atoms with Crippen LogP contribution in [0, 0.1) is 11.8 Å². The Balaban J connectivity index is 0.00000338. The Kier molecular flexibility index (Phi) is 10.1. The van der Waals surface area contributed by atoms with Crippen molar-refractivity contribution in [2.75, 3.05) is 39.5 Å². The van der Waals surface area contributed by atoms with Crippen LogP contribution in [0.15, 0.2) is 35.3 Å². The highest BCUT2D eigenvalue weighted by Crippen LogP contribution is 2.23. The van der Waals surface area contributed by atoms with Gasteiger partial charge in [0.25, 0.3) is 0 Å². The van der Waals surface area contributed by atoms with E-state index >= 15 is 0 Å². The van der Waals surface area contributed by atoms with Crippen molar-refractivity contribution in [3.63, 3.8) is 0 Å². The van der Waals surface area contributed by atoms with E-state index in [9.17, 15) is 9.00 Å². The number of carbonyl (C=O) groups excluding carboxylic acids is 1. The lowest BCUT2D eigenvalue weighted by molar-refractivity contribution is -0.145. The number of esters is 1. The number of likely N-dealkylation sites (tertiary alicyclic amines) is 1. The summed E-state index contributed by atoms with van der Waals surface area (Å²) in [4.78, 5) is 18.2. The topological polar surface area (TPSA) is 71.0 Å². The first-order chi connectivity index (χ1) is 12.0. The molecule has 0 radical (unpaired) electrons. The summed E-state index contributed by atoms with van der Waals surface area (Å²) in [5.41, 5.74) is 1.08. The second kappa shape index (κ2) is 11.5. The van der Waals surface area contributed by atoms with Gasteiger partial charge in [0.1, 0.15) is 0 Å². The zero-order valence-corrected chi connectivity index (χ0v) is 18.7. The maximum atomic E-state index is 12.2. The molecule has 1 saturated heterocycles. The lowest BCUT2D eigenvalue weighted by Crippen LogP contribution is -2.42. The maximum absolute atomic E-state index is 12.2. The zero-order chi connectivity index (χ0) is 18.2. The van der Waals surface area contributed by atoms with Crippen LogP contribution in [0.5, 0.6) is 0 Å². The summed E-state index contributed by atoms with van der Waals surface area (Å²) in [6.45, 7) is 3.98. The van der Waals surface area contributed by atoms with Gasteiger partial charge in [0.15, 0.2) is 5.96 Å². The minimum Gasteiger partial charge on any atom is -0.469 e. The number of carbonyl (C=O) groups is 1.